The quantitative estimate of drug-likeness (QED) is 0.730. The molecule has 1 atom stereocenters. The highest BCUT2D eigenvalue weighted by molar-refractivity contribution is 9.09. The monoisotopic (exact) mass is 284 g/mol. The Morgan fingerprint density at radius 3 is 2.50 bits per heavy atom. The smallest absolute Gasteiger partial charge is 0.121 e. The molecule has 0 spiro atoms. The first-order valence-corrected chi connectivity index (χ1v) is 6.72. The summed E-state index contributed by atoms with van der Waals surface area (Å²) in [4.78, 5) is 0.570. The minimum Gasteiger partial charge on any atom is -0.496 e. The van der Waals surface area contributed by atoms with Crippen LogP contribution < -0.4 is 4.74 Å². The lowest BCUT2D eigenvalue weighted by molar-refractivity contribution is 0.411. The van der Waals surface area contributed by atoms with Crippen molar-refractivity contribution in [1.29, 1.82) is 0 Å². The van der Waals surface area contributed by atoms with Gasteiger partial charge in [-0.25, -0.2) is 0 Å². The van der Waals surface area contributed by atoms with Gasteiger partial charge in [-0.15, -0.1) is 0 Å². The predicted molar refractivity (Wildman–Crippen MR) is 73.6 cm³/mol. The molecule has 1 aromatic rings. The molecule has 1 rings (SSSR count). The summed E-state index contributed by atoms with van der Waals surface area (Å²) < 4.78 is 5.26. The van der Waals surface area contributed by atoms with E-state index in [0.29, 0.717) is 4.83 Å². The summed E-state index contributed by atoms with van der Waals surface area (Å²) in [5.74, 6) is 1.71. The number of rotatable bonds is 5. The van der Waals surface area contributed by atoms with Gasteiger partial charge in [0.25, 0.3) is 0 Å². The molecule has 0 bridgehead atoms. The Bertz CT molecular complexity index is 334. The number of halogens is 1. The lowest BCUT2D eigenvalue weighted by Crippen LogP contribution is -2.06. The molecule has 0 aliphatic heterocycles. The van der Waals surface area contributed by atoms with Crippen molar-refractivity contribution in [3.05, 3.63) is 29.3 Å². The van der Waals surface area contributed by atoms with Crippen molar-refractivity contribution < 1.29 is 4.74 Å². The number of ether oxygens (including phenoxy) is 1. The predicted octanol–water partition coefficient (Wildman–Crippen LogP) is 4.36. The molecule has 0 N–H and O–H groups in total. The lowest BCUT2D eigenvalue weighted by atomic mass is 10.0. The van der Waals surface area contributed by atoms with Crippen molar-refractivity contribution in [1.82, 2.24) is 0 Å². The molecule has 1 unspecified atom stereocenters. The van der Waals surface area contributed by atoms with Gasteiger partial charge in [0.2, 0.25) is 0 Å². The molecule has 1 aromatic carbocycles. The standard InChI is InChI=1S/C14H21BrO/c1-10(2)7-13(15)9-12-5-6-14(16-4)11(3)8-12/h5-6,8,10,13H,7,9H2,1-4H3. The molecule has 90 valence electrons. The Kier molecular flexibility index (Phi) is 5.33. The largest absolute Gasteiger partial charge is 0.496 e. The van der Waals surface area contributed by atoms with E-state index in [0.717, 1.165) is 18.1 Å². The van der Waals surface area contributed by atoms with E-state index in [1.54, 1.807) is 7.11 Å². The van der Waals surface area contributed by atoms with Crippen LogP contribution in [0.3, 0.4) is 0 Å². The molecule has 0 aromatic heterocycles. The van der Waals surface area contributed by atoms with Gasteiger partial charge in [0, 0.05) is 4.83 Å². The summed E-state index contributed by atoms with van der Waals surface area (Å²) in [6.45, 7) is 6.61. The molecule has 1 nitrogen and oxygen atoms in total. The number of hydrogen-bond donors (Lipinski definition) is 0. The Morgan fingerprint density at radius 1 is 1.31 bits per heavy atom. The third-order valence-electron chi connectivity index (χ3n) is 2.64. The van der Waals surface area contributed by atoms with Crippen molar-refractivity contribution in [3.8, 4) is 5.75 Å². The maximum atomic E-state index is 5.26. The molecule has 0 saturated carbocycles. The summed E-state index contributed by atoms with van der Waals surface area (Å²) in [6.07, 6.45) is 2.30. The number of alkyl halides is 1. The maximum Gasteiger partial charge on any atom is 0.121 e. The molecule has 0 aliphatic carbocycles. The number of benzene rings is 1. The molecule has 0 amide bonds. The van der Waals surface area contributed by atoms with Gasteiger partial charge in [-0.05, 0) is 42.9 Å². The van der Waals surface area contributed by atoms with Gasteiger partial charge in [0.05, 0.1) is 7.11 Å². The average Bonchev–Trinajstić information content (AvgIpc) is 2.16. The highest BCUT2D eigenvalue weighted by Gasteiger charge is 2.09. The van der Waals surface area contributed by atoms with Crippen molar-refractivity contribution in [2.45, 2.75) is 38.4 Å². The molecule has 16 heavy (non-hydrogen) atoms. The summed E-state index contributed by atoms with van der Waals surface area (Å²) >= 11 is 3.74. The van der Waals surface area contributed by atoms with Crippen LogP contribution >= 0.6 is 15.9 Å². The molecule has 0 heterocycles. The highest BCUT2D eigenvalue weighted by atomic mass is 79.9. The van der Waals surface area contributed by atoms with Gasteiger partial charge in [0.1, 0.15) is 5.75 Å². The first-order chi connectivity index (χ1) is 7.52. The maximum absolute atomic E-state index is 5.26. The van der Waals surface area contributed by atoms with Crippen LogP contribution in [0.4, 0.5) is 0 Å². The summed E-state index contributed by atoms with van der Waals surface area (Å²) in [5.41, 5.74) is 2.59. The summed E-state index contributed by atoms with van der Waals surface area (Å²) in [6, 6.07) is 6.42. The van der Waals surface area contributed by atoms with Gasteiger partial charge in [0.15, 0.2) is 0 Å². The van der Waals surface area contributed by atoms with Gasteiger partial charge in [-0.3, -0.25) is 0 Å². The third-order valence-corrected chi connectivity index (χ3v) is 3.34. The minimum atomic E-state index is 0.570. The second-order valence-corrected chi connectivity index (χ2v) is 6.03. The van der Waals surface area contributed by atoms with Crippen molar-refractivity contribution in [2.75, 3.05) is 7.11 Å². The molecule has 0 radical (unpaired) electrons. The Labute approximate surface area is 107 Å². The lowest BCUT2D eigenvalue weighted by Gasteiger charge is -2.13. The number of aryl methyl sites for hydroxylation is 1. The van der Waals surface area contributed by atoms with Gasteiger partial charge >= 0.3 is 0 Å². The molecule has 0 fully saturated rings. The highest BCUT2D eigenvalue weighted by Crippen LogP contribution is 2.22. The van der Waals surface area contributed by atoms with Gasteiger partial charge in [-0.2, -0.15) is 0 Å². The van der Waals surface area contributed by atoms with Crippen LogP contribution in [0.1, 0.15) is 31.4 Å². The van der Waals surface area contributed by atoms with Crippen LogP contribution in [-0.2, 0) is 6.42 Å². The molecule has 0 aliphatic rings. The SMILES string of the molecule is COc1ccc(CC(Br)CC(C)C)cc1C. The van der Waals surface area contributed by atoms with E-state index < -0.39 is 0 Å². The van der Waals surface area contributed by atoms with Crippen LogP contribution in [0.5, 0.6) is 5.75 Å². The Balaban J connectivity index is 2.64. The van der Waals surface area contributed by atoms with E-state index in [1.807, 2.05) is 0 Å². The first-order valence-electron chi connectivity index (χ1n) is 5.80. The minimum absolute atomic E-state index is 0.570. The molecular weight excluding hydrogens is 264 g/mol. The second kappa shape index (κ2) is 6.29. The Hall–Kier alpha value is -0.500. The fourth-order valence-electron chi connectivity index (χ4n) is 1.92. The van der Waals surface area contributed by atoms with E-state index in [1.165, 1.54) is 17.5 Å². The van der Waals surface area contributed by atoms with E-state index in [-0.39, 0.29) is 0 Å². The second-order valence-electron chi connectivity index (χ2n) is 4.73. The van der Waals surface area contributed by atoms with E-state index in [2.05, 4.69) is 54.9 Å². The summed E-state index contributed by atoms with van der Waals surface area (Å²) in [5, 5.41) is 0. The molecule has 0 saturated heterocycles. The fourth-order valence-corrected chi connectivity index (χ4v) is 3.04. The Morgan fingerprint density at radius 2 is 2.00 bits per heavy atom. The van der Waals surface area contributed by atoms with Crippen LogP contribution in [0.2, 0.25) is 0 Å². The van der Waals surface area contributed by atoms with E-state index in [4.69, 9.17) is 4.74 Å². The number of hydrogen-bond acceptors (Lipinski definition) is 1. The average molecular weight is 285 g/mol. The first kappa shape index (κ1) is 13.6. The van der Waals surface area contributed by atoms with Crippen LogP contribution in [0.25, 0.3) is 0 Å². The normalized spacial score (nSPS) is 12.9. The molecule has 2 heteroatoms. The zero-order chi connectivity index (χ0) is 12.1. The number of methoxy groups -OCH3 is 1. The van der Waals surface area contributed by atoms with Crippen molar-refractivity contribution in [2.24, 2.45) is 5.92 Å². The van der Waals surface area contributed by atoms with E-state index in [9.17, 15) is 0 Å². The van der Waals surface area contributed by atoms with E-state index >= 15 is 0 Å². The van der Waals surface area contributed by atoms with Crippen molar-refractivity contribution >= 4 is 15.9 Å². The fraction of sp³-hybridized carbons (Fsp3) is 0.571. The van der Waals surface area contributed by atoms with Gasteiger partial charge < -0.3 is 4.74 Å². The van der Waals surface area contributed by atoms with Crippen LogP contribution in [0, 0.1) is 12.8 Å². The van der Waals surface area contributed by atoms with Gasteiger partial charge in [-0.1, -0.05) is 41.9 Å². The van der Waals surface area contributed by atoms with Crippen LogP contribution in [-0.4, -0.2) is 11.9 Å². The summed E-state index contributed by atoms with van der Waals surface area (Å²) in [7, 11) is 1.72. The topological polar surface area (TPSA) is 9.23 Å². The molecular formula is C14H21BrO. The van der Waals surface area contributed by atoms with Crippen molar-refractivity contribution in [3.63, 3.8) is 0 Å². The van der Waals surface area contributed by atoms with Crippen LogP contribution in [0.15, 0.2) is 18.2 Å². The third kappa shape index (κ3) is 4.17. The zero-order valence-electron chi connectivity index (χ0n) is 10.6. The zero-order valence-corrected chi connectivity index (χ0v) is 12.2.